The lowest BCUT2D eigenvalue weighted by Gasteiger charge is -2.02. The number of ether oxygens (including phenoxy) is 1. The number of carbonyl (C=O) groups excluding carboxylic acids is 1. The van der Waals surface area contributed by atoms with Crippen LogP contribution in [0, 0.1) is 11.8 Å². The minimum atomic E-state index is -0.495. The monoisotopic (exact) mass is 328 g/mol. The second kappa shape index (κ2) is 6.49. The first-order chi connectivity index (χ1) is 11.6. The molecular formula is C15H16N6O3. The fourth-order valence-corrected chi connectivity index (χ4v) is 2.44. The van der Waals surface area contributed by atoms with Crippen LogP contribution in [0.4, 0.5) is 0 Å². The zero-order valence-corrected chi connectivity index (χ0v) is 13.2. The van der Waals surface area contributed by atoms with Crippen LogP contribution in [0.5, 0.6) is 0 Å². The summed E-state index contributed by atoms with van der Waals surface area (Å²) in [7, 11) is 0. The van der Waals surface area contributed by atoms with Crippen LogP contribution >= 0.6 is 0 Å². The average Bonchev–Trinajstić information content (AvgIpc) is 3.16. The van der Waals surface area contributed by atoms with E-state index < -0.39 is 5.97 Å². The Morgan fingerprint density at radius 1 is 1.42 bits per heavy atom. The number of aromatic nitrogens is 4. The molecule has 9 heteroatoms. The van der Waals surface area contributed by atoms with E-state index in [0.29, 0.717) is 17.9 Å². The molecule has 0 spiro atoms. The molecule has 0 fully saturated rings. The van der Waals surface area contributed by atoms with Crippen molar-refractivity contribution in [3.05, 3.63) is 46.3 Å². The van der Waals surface area contributed by atoms with Crippen LogP contribution < -0.4 is 5.43 Å². The van der Waals surface area contributed by atoms with Crippen molar-refractivity contribution < 1.29 is 9.53 Å². The summed E-state index contributed by atoms with van der Waals surface area (Å²) in [5.74, 6) is -0.495. The standard InChI is InChI=1S/C15H16N6O3/c1-3-24-15(22)14-9(2)18-21(19-14)11-4-5-13-12(6-11)10(7-16-13)8-17-20-23/h4-7,16H,3,8H2,1-2H3,(H,17,23). The first-order valence-electron chi connectivity index (χ1n) is 7.40. The summed E-state index contributed by atoms with van der Waals surface area (Å²) in [6.07, 6.45) is 1.80. The molecule has 124 valence electrons. The Morgan fingerprint density at radius 3 is 3.00 bits per heavy atom. The van der Waals surface area contributed by atoms with Crippen LogP contribution in [0.15, 0.2) is 29.7 Å². The van der Waals surface area contributed by atoms with Gasteiger partial charge in [-0.25, -0.2) is 4.79 Å². The topological polar surface area (TPSA) is 114 Å². The van der Waals surface area contributed by atoms with Crippen LogP contribution in [-0.2, 0) is 11.3 Å². The number of H-pyrrole nitrogens is 1. The predicted molar refractivity (Wildman–Crippen MR) is 86.5 cm³/mol. The van der Waals surface area contributed by atoms with Gasteiger partial charge < -0.3 is 9.72 Å². The Hall–Kier alpha value is -3.23. The molecule has 0 atom stereocenters. The van der Waals surface area contributed by atoms with Gasteiger partial charge in [-0.1, -0.05) is 0 Å². The molecule has 24 heavy (non-hydrogen) atoms. The average molecular weight is 328 g/mol. The Morgan fingerprint density at radius 2 is 2.25 bits per heavy atom. The maximum absolute atomic E-state index is 11.9. The Kier molecular flexibility index (Phi) is 4.23. The molecule has 0 saturated heterocycles. The van der Waals surface area contributed by atoms with Gasteiger partial charge in [-0.2, -0.15) is 9.90 Å². The van der Waals surface area contributed by atoms with E-state index in [1.807, 2.05) is 18.2 Å². The molecule has 0 bridgehead atoms. The van der Waals surface area contributed by atoms with Gasteiger partial charge in [-0.15, -0.1) is 10.0 Å². The van der Waals surface area contributed by atoms with Crippen molar-refractivity contribution >= 4 is 16.9 Å². The largest absolute Gasteiger partial charge is 0.461 e. The molecule has 1 aromatic carbocycles. The quantitative estimate of drug-likeness (QED) is 0.406. The summed E-state index contributed by atoms with van der Waals surface area (Å²) in [5.41, 5.74) is 5.58. The molecule has 2 N–H and O–H groups in total. The van der Waals surface area contributed by atoms with Gasteiger partial charge in [0.1, 0.15) is 0 Å². The molecule has 0 aliphatic rings. The van der Waals surface area contributed by atoms with Crippen molar-refractivity contribution in [3.63, 3.8) is 0 Å². The summed E-state index contributed by atoms with van der Waals surface area (Å²) < 4.78 is 4.97. The highest BCUT2D eigenvalue weighted by Gasteiger charge is 2.17. The molecule has 2 heterocycles. The molecular weight excluding hydrogens is 312 g/mol. The summed E-state index contributed by atoms with van der Waals surface area (Å²) in [5, 5.41) is 12.1. The van der Waals surface area contributed by atoms with Crippen molar-refractivity contribution in [3.8, 4) is 5.69 Å². The summed E-state index contributed by atoms with van der Waals surface area (Å²) in [6.45, 7) is 4.03. The number of nitrogens with one attached hydrogen (secondary N) is 2. The lowest BCUT2D eigenvalue weighted by atomic mass is 10.1. The van der Waals surface area contributed by atoms with Crippen molar-refractivity contribution in [1.82, 2.24) is 25.4 Å². The molecule has 3 aromatic rings. The Labute approximate surface area is 136 Å². The molecule has 2 aromatic heterocycles. The van der Waals surface area contributed by atoms with Gasteiger partial charge in [0.25, 0.3) is 0 Å². The van der Waals surface area contributed by atoms with E-state index in [-0.39, 0.29) is 12.3 Å². The van der Waals surface area contributed by atoms with Crippen molar-refractivity contribution in [1.29, 1.82) is 0 Å². The maximum Gasteiger partial charge on any atom is 0.360 e. The van der Waals surface area contributed by atoms with E-state index in [9.17, 15) is 9.70 Å². The maximum atomic E-state index is 11.9. The van der Waals surface area contributed by atoms with Crippen molar-refractivity contribution in [2.24, 2.45) is 5.29 Å². The number of nitroso groups, excluding NO2 is 1. The number of aromatic amines is 1. The first kappa shape index (κ1) is 15.7. The summed E-state index contributed by atoms with van der Waals surface area (Å²) >= 11 is 0. The Bertz CT molecular complexity index is 898. The van der Waals surface area contributed by atoms with E-state index in [1.54, 1.807) is 20.0 Å². The minimum absolute atomic E-state index is 0.193. The van der Waals surface area contributed by atoms with Crippen LogP contribution in [0.3, 0.4) is 0 Å². The number of fused-ring (bicyclic) bond motifs is 1. The molecule has 0 amide bonds. The van der Waals surface area contributed by atoms with Crippen molar-refractivity contribution in [2.45, 2.75) is 20.4 Å². The predicted octanol–water partition coefficient (Wildman–Crippen LogP) is 2.00. The first-order valence-corrected chi connectivity index (χ1v) is 7.40. The molecule has 0 unspecified atom stereocenters. The molecule has 3 rings (SSSR count). The Balaban J connectivity index is 1.98. The highest BCUT2D eigenvalue weighted by Crippen LogP contribution is 2.21. The highest BCUT2D eigenvalue weighted by atomic mass is 16.5. The number of nitrogens with zero attached hydrogens (tertiary/aromatic N) is 4. The molecule has 9 nitrogen and oxygen atoms in total. The summed E-state index contributed by atoms with van der Waals surface area (Å²) in [6, 6.07) is 5.59. The number of rotatable bonds is 6. The number of carbonyl (C=O) groups is 1. The lowest BCUT2D eigenvalue weighted by Crippen LogP contribution is -2.07. The van der Waals surface area contributed by atoms with Crippen LogP contribution in [-0.4, -0.2) is 32.6 Å². The molecule has 0 aliphatic carbocycles. The number of esters is 1. The van der Waals surface area contributed by atoms with E-state index in [1.165, 1.54) is 4.80 Å². The van der Waals surface area contributed by atoms with Gasteiger partial charge in [0.05, 0.1) is 24.5 Å². The minimum Gasteiger partial charge on any atom is -0.461 e. The van der Waals surface area contributed by atoms with Gasteiger partial charge in [-0.05, 0) is 37.6 Å². The third-order valence-corrected chi connectivity index (χ3v) is 3.57. The summed E-state index contributed by atoms with van der Waals surface area (Å²) in [4.78, 5) is 26.6. The zero-order chi connectivity index (χ0) is 17.1. The fourth-order valence-electron chi connectivity index (χ4n) is 2.44. The van der Waals surface area contributed by atoms with Gasteiger partial charge in [0, 0.05) is 22.4 Å². The third kappa shape index (κ3) is 2.83. The van der Waals surface area contributed by atoms with Gasteiger partial charge in [0.2, 0.25) is 0 Å². The van der Waals surface area contributed by atoms with E-state index in [4.69, 9.17) is 4.74 Å². The zero-order valence-electron chi connectivity index (χ0n) is 13.2. The van der Waals surface area contributed by atoms with Gasteiger partial charge in [-0.3, -0.25) is 5.43 Å². The van der Waals surface area contributed by atoms with Crippen LogP contribution in [0.2, 0.25) is 0 Å². The van der Waals surface area contributed by atoms with E-state index in [2.05, 4.69) is 25.9 Å². The van der Waals surface area contributed by atoms with E-state index in [0.717, 1.165) is 16.5 Å². The second-order valence-electron chi connectivity index (χ2n) is 5.11. The third-order valence-electron chi connectivity index (χ3n) is 3.57. The molecule has 0 radical (unpaired) electrons. The number of hydrogen-bond acceptors (Lipinski definition) is 6. The molecule has 0 saturated carbocycles. The number of benzene rings is 1. The second-order valence-corrected chi connectivity index (χ2v) is 5.11. The fraction of sp³-hybridized carbons (Fsp3) is 0.267. The van der Waals surface area contributed by atoms with Gasteiger partial charge in [0.15, 0.2) is 5.69 Å². The normalized spacial score (nSPS) is 10.8. The number of aryl methyl sites for hydroxylation is 1. The smallest absolute Gasteiger partial charge is 0.360 e. The van der Waals surface area contributed by atoms with E-state index >= 15 is 0 Å². The van der Waals surface area contributed by atoms with Crippen LogP contribution in [0.1, 0.15) is 28.7 Å². The molecule has 0 aliphatic heterocycles. The van der Waals surface area contributed by atoms with Crippen LogP contribution in [0.25, 0.3) is 16.6 Å². The SMILES string of the molecule is CCOC(=O)c1nn(-c2ccc3[nH]cc(CNN=O)c3c2)nc1C. The highest BCUT2D eigenvalue weighted by molar-refractivity contribution is 5.88. The van der Waals surface area contributed by atoms with Crippen molar-refractivity contribution in [2.75, 3.05) is 6.61 Å². The number of hydrogen-bond donors (Lipinski definition) is 2. The lowest BCUT2D eigenvalue weighted by molar-refractivity contribution is 0.0518. The van der Waals surface area contributed by atoms with Gasteiger partial charge >= 0.3 is 5.97 Å².